The summed E-state index contributed by atoms with van der Waals surface area (Å²) < 4.78 is 0. The van der Waals surface area contributed by atoms with Crippen molar-refractivity contribution < 1.29 is 0 Å². The van der Waals surface area contributed by atoms with Crippen LogP contribution in [0.15, 0.2) is 231 Å². The predicted octanol–water partition coefficient (Wildman–Crippen LogP) is 16.9. The summed E-state index contributed by atoms with van der Waals surface area (Å²) in [6.45, 7) is 0. The van der Waals surface area contributed by atoms with Gasteiger partial charge in [0.2, 0.25) is 0 Å². The van der Waals surface area contributed by atoms with Crippen LogP contribution in [-0.4, -0.2) is 0 Å². The maximum Gasteiger partial charge on any atom is -0.00928 e. The fourth-order valence-electron chi connectivity index (χ4n) is 9.66. The van der Waals surface area contributed by atoms with Crippen LogP contribution in [0.4, 0.5) is 0 Å². The van der Waals surface area contributed by atoms with Gasteiger partial charge in [-0.05, 0) is 151 Å². The lowest BCUT2D eigenvalue weighted by atomic mass is 9.91. The van der Waals surface area contributed by atoms with Gasteiger partial charge in [0.05, 0.1) is 0 Å². The van der Waals surface area contributed by atoms with E-state index in [0.717, 1.165) is 0 Å². The number of benzene rings is 12. The van der Waals surface area contributed by atoms with E-state index in [1.807, 2.05) is 0 Å². The van der Waals surface area contributed by atoms with E-state index >= 15 is 0 Å². The molecule has 0 saturated heterocycles. The summed E-state index contributed by atoms with van der Waals surface area (Å²) in [6, 6.07) is 85.0. The lowest BCUT2D eigenvalue weighted by Crippen LogP contribution is -1.86. The first-order chi connectivity index (χ1) is 29.7. The van der Waals surface area contributed by atoms with Crippen LogP contribution in [-0.2, 0) is 0 Å². The SMILES string of the molecule is c1cc(-c2ccc(-c3cccc(-c4ccc5c6ccccc6c6ccccc6c5c4)c3)cc2)cc(-c2cccc(-c3ccc4c5ccccc5c5ccccc5c4c3)c2)c1. The lowest BCUT2D eigenvalue weighted by Gasteiger charge is -2.13. The van der Waals surface area contributed by atoms with Crippen molar-refractivity contribution in [1.29, 1.82) is 0 Å². The predicted molar refractivity (Wildman–Crippen MR) is 259 cm³/mol. The third-order valence-corrected chi connectivity index (χ3v) is 12.6. The average molecular weight is 759 g/mol. The molecule has 0 heteroatoms. The largest absolute Gasteiger partial charge is 0.0616 e. The van der Waals surface area contributed by atoms with Crippen molar-refractivity contribution in [3.8, 4) is 55.6 Å². The van der Waals surface area contributed by atoms with Crippen LogP contribution in [0.25, 0.3) is 120 Å². The molecular weight excluding hydrogens is 721 g/mol. The molecule has 0 N–H and O–H groups in total. The standard InChI is InChI=1S/C60H38/c1-3-22-53-49(18-1)51-20-5-7-24-55(51)59-37-47(30-32-57(53)59)45-16-10-13-42(35-45)40-28-26-39(27-29-40)41-12-9-14-43(34-41)44-15-11-17-46(36-44)48-31-33-58-54-23-4-2-19-50(54)52-21-6-8-25-56(52)60(58)38-48/h1-38H. The minimum absolute atomic E-state index is 1.20. The molecule has 12 aromatic carbocycles. The van der Waals surface area contributed by atoms with Gasteiger partial charge in [0.1, 0.15) is 0 Å². The monoisotopic (exact) mass is 758 g/mol. The van der Waals surface area contributed by atoms with E-state index in [2.05, 4.69) is 231 Å². The van der Waals surface area contributed by atoms with Crippen molar-refractivity contribution in [1.82, 2.24) is 0 Å². The third kappa shape index (κ3) is 5.69. The fraction of sp³-hybridized carbons (Fsp3) is 0. The van der Waals surface area contributed by atoms with Crippen molar-refractivity contribution in [2.45, 2.75) is 0 Å². The molecule has 12 aromatic rings. The zero-order chi connectivity index (χ0) is 39.6. The zero-order valence-corrected chi connectivity index (χ0v) is 32.9. The Morgan fingerprint density at radius 3 is 0.600 bits per heavy atom. The van der Waals surface area contributed by atoms with E-state index in [1.165, 1.54) is 120 Å². The number of hydrogen-bond acceptors (Lipinski definition) is 0. The summed E-state index contributed by atoms with van der Waals surface area (Å²) in [5.74, 6) is 0. The van der Waals surface area contributed by atoms with Gasteiger partial charge in [-0.25, -0.2) is 0 Å². The second kappa shape index (κ2) is 13.9. The highest BCUT2D eigenvalue weighted by molar-refractivity contribution is 6.27. The first kappa shape index (κ1) is 34.3. The highest BCUT2D eigenvalue weighted by Gasteiger charge is 2.13. The Bertz CT molecular complexity index is 3570. The minimum atomic E-state index is 1.20. The van der Waals surface area contributed by atoms with Crippen LogP contribution in [0.2, 0.25) is 0 Å². The molecule has 0 amide bonds. The molecule has 0 radical (unpaired) electrons. The van der Waals surface area contributed by atoms with Crippen molar-refractivity contribution >= 4 is 64.6 Å². The Morgan fingerprint density at radius 1 is 0.117 bits per heavy atom. The van der Waals surface area contributed by atoms with Gasteiger partial charge < -0.3 is 0 Å². The molecule has 0 heterocycles. The van der Waals surface area contributed by atoms with E-state index in [4.69, 9.17) is 0 Å². The van der Waals surface area contributed by atoms with E-state index in [9.17, 15) is 0 Å². The van der Waals surface area contributed by atoms with Crippen LogP contribution >= 0.6 is 0 Å². The van der Waals surface area contributed by atoms with Crippen molar-refractivity contribution in [2.24, 2.45) is 0 Å². The van der Waals surface area contributed by atoms with Crippen LogP contribution in [0.1, 0.15) is 0 Å². The fourth-order valence-corrected chi connectivity index (χ4v) is 9.66. The molecule has 0 aliphatic heterocycles. The number of fused-ring (bicyclic) bond motifs is 12. The molecule has 0 spiro atoms. The Balaban J connectivity index is 0.849. The van der Waals surface area contributed by atoms with Gasteiger partial charge in [0.15, 0.2) is 0 Å². The van der Waals surface area contributed by atoms with Crippen LogP contribution < -0.4 is 0 Å². The third-order valence-electron chi connectivity index (χ3n) is 12.6. The Labute approximate surface area is 349 Å². The van der Waals surface area contributed by atoms with E-state index < -0.39 is 0 Å². The first-order valence-corrected chi connectivity index (χ1v) is 20.8. The second-order valence-corrected chi connectivity index (χ2v) is 16.0. The van der Waals surface area contributed by atoms with Gasteiger partial charge in [-0.15, -0.1) is 0 Å². The minimum Gasteiger partial charge on any atom is -0.0616 e. The molecule has 0 saturated carbocycles. The van der Waals surface area contributed by atoms with Crippen LogP contribution in [0.5, 0.6) is 0 Å². The normalized spacial score (nSPS) is 11.7. The molecular formula is C60H38. The summed E-state index contributed by atoms with van der Waals surface area (Å²) in [4.78, 5) is 0. The van der Waals surface area contributed by atoms with Crippen molar-refractivity contribution in [2.75, 3.05) is 0 Å². The lowest BCUT2D eigenvalue weighted by molar-refractivity contribution is 1.57. The van der Waals surface area contributed by atoms with E-state index in [-0.39, 0.29) is 0 Å². The summed E-state index contributed by atoms with van der Waals surface area (Å²) in [5, 5.41) is 15.6. The summed E-state index contributed by atoms with van der Waals surface area (Å²) in [5.41, 5.74) is 12.1. The van der Waals surface area contributed by atoms with Crippen molar-refractivity contribution in [3.63, 3.8) is 0 Å². The molecule has 278 valence electrons. The van der Waals surface area contributed by atoms with Crippen LogP contribution in [0, 0.1) is 0 Å². The van der Waals surface area contributed by atoms with Gasteiger partial charge in [-0.1, -0.05) is 200 Å². The molecule has 12 rings (SSSR count). The van der Waals surface area contributed by atoms with E-state index in [0.29, 0.717) is 0 Å². The topological polar surface area (TPSA) is 0 Å². The summed E-state index contributed by atoms with van der Waals surface area (Å²) in [6.07, 6.45) is 0. The smallest absolute Gasteiger partial charge is 0.00928 e. The van der Waals surface area contributed by atoms with E-state index in [1.54, 1.807) is 0 Å². The molecule has 0 bridgehead atoms. The quantitative estimate of drug-likeness (QED) is 0.153. The van der Waals surface area contributed by atoms with Crippen molar-refractivity contribution in [3.05, 3.63) is 231 Å². The maximum atomic E-state index is 2.38. The molecule has 0 aliphatic carbocycles. The number of hydrogen-bond donors (Lipinski definition) is 0. The van der Waals surface area contributed by atoms with Gasteiger partial charge >= 0.3 is 0 Å². The summed E-state index contributed by atoms with van der Waals surface area (Å²) in [7, 11) is 0. The Kier molecular flexibility index (Phi) is 7.96. The molecule has 0 unspecified atom stereocenters. The summed E-state index contributed by atoms with van der Waals surface area (Å²) >= 11 is 0. The highest BCUT2D eigenvalue weighted by atomic mass is 14.2. The molecule has 60 heavy (non-hydrogen) atoms. The van der Waals surface area contributed by atoms with Gasteiger partial charge in [0, 0.05) is 0 Å². The van der Waals surface area contributed by atoms with Crippen LogP contribution in [0.3, 0.4) is 0 Å². The second-order valence-electron chi connectivity index (χ2n) is 16.0. The Morgan fingerprint density at radius 2 is 0.317 bits per heavy atom. The molecule has 0 atom stereocenters. The average Bonchev–Trinajstić information content (AvgIpc) is 3.34. The maximum absolute atomic E-state index is 2.38. The Hall–Kier alpha value is -7.80. The zero-order valence-electron chi connectivity index (χ0n) is 32.9. The first-order valence-electron chi connectivity index (χ1n) is 20.8. The molecule has 0 nitrogen and oxygen atoms in total. The van der Waals surface area contributed by atoms with Gasteiger partial charge in [0.25, 0.3) is 0 Å². The molecule has 0 fully saturated rings. The molecule has 0 aliphatic rings. The molecule has 0 aromatic heterocycles. The van der Waals surface area contributed by atoms with Gasteiger partial charge in [-0.3, -0.25) is 0 Å². The van der Waals surface area contributed by atoms with Gasteiger partial charge in [-0.2, -0.15) is 0 Å². The highest BCUT2D eigenvalue weighted by Crippen LogP contribution is 2.40. The number of rotatable bonds is 5.